The fourth-order valence-electron chi connectivity index (χ4n) is 2.69. The number of nitrogens with zero attached hydrogens (tertiary/aromatic N) is 2. The van der Waals surface area contributed by atoms with Gasteiger partial charge in [0, 0.05) is 25.0 Å². The monoisotopic (exact) mass is 364 g/mol. The van der Waals surface area contributed by atoms with Crippen LogP contribution in [0.2, 0.25) is 5.02 Å². The summed E-state index contributed by atoms with van der Waals surface area (Å²) in [4.78, 5) is 17.9. The molecule has 1 aromatic heterocycles. The van der Waals surface area contributed by atoms with Crippen molar-refractivity contribution in [2.45, 2.75) is 18.9 Å². The van der Waals surface area contributed by atoms with Crippen molar-refractivity contribution in [2.75, 3.05) is 19.7 Å². The fourth-order valence-corrected chi connectivity index (χ4v) is 2.85. The van der Waals surface area contributed by atoms with Crippen LogP contribution in [0.5, 0.6) is 11.5 Å². The van der Waals surface area contributed by atoms with E-state index in [1.54, 1.807) is 29.3 Å². The molecule has 2 aromatic rings. The van der Waals surface area contributed by atoms with Crippen molar-refractivity contribution in [1.82, 2.24) is 9.88 Å². The van der Waals surface area contributed by atoms with Crippen LogP contribution < -0.4 is 9.47 Å². The van der Waals surface area contributed by atoms with E-state index in [4.69, 9.17) is 21.1 Å². The number of amides is 1. The zero-order chi connectivity index (χ0) is 17.6. The maximum Gasteiger partial charge on any atom is 0.260 e. The molecule has 0 radical (unpaired) electrons. The van der Waals surface area contributed by atoms with Crippen molar-refractivity contribution >= 4 is 17.5 Å². The van der Waals surface area contributed by atoms with E-state index in [0.717, 1.165) is 12.8 Å². The van der Waals surface area contributed by atoms with E-state index in [9.17, 15) is 9.18 Å². The second-order valence-electron chi connectivity index (χ2n) is 5.75. The molecule has 25 heavy (non-hydrogen) atoms. The summed E-state index contributed by atoms with van der Waals surface area (Å²) in [7, 11) is 0. The lowest BCUT2D eigenvalue weighted by Crippen LogP contribution is -2.46. The molecule has 132 valence electrons. The lowest BCUT2D eigenvalue weighted by molar-refractivity contribution is -0.136. The highest BCUT2D eigenvalue weighted by atomic mass is 35.5. The van der Waals surface area contributed by atoms with E-state index >= 15 is 0 Å². The number of likely N-dealkylation sites (tertiary alicyclic amines) is 1. The standard InChI is InChI=1S/C18H18ClFN2O3/c19-14-10-21-8-7-16(14)25-13-4-3-9-22(11-13)18(23)12-24-17-6-2-1-5-15(17)20/h1-2,5-8,10,13H,3-4,9,11-12H2. The molecule has 1 fully saturated rings. The van der Waals surface area contributed by atoms with Gasteiger partial charge in [-0.25, -0.2) is 4.39 Å². The van der Waals surface area contributed by atoms with Crippen molar-refractivity contribution in [1.29, 1.82) is 0 Å². The van der Waals surface area contributed by atoms with Gasteiger partial charge in [0.1, 0.15) is 16.9 Å². The van der Waals surface area contributed by atoms with E-state index in [2.05, 4.69) is 4.98 Å². The van der Waals surface area contributed by atoms with Gasteiger partial charge in [-0.3, -0.25) is 9.78 Å². The molecule has 0 N–H and O–H groups in total. The maximum atomic E-state index is 13.5. The molecule has 1 aliphatic rings. The van der Waals surface area contributed by atoms with Gasteiger partial charge in [-0.15, -0.1) is 0 Å². The molecule has 0 saturated carbocycles. The Kier molecular flexibility index (Phi) is 5.71. The highest BCUT2D eigenvalue weighted by Crippen LogP contribution is 2.25. The molecule has 0 spiro atoms. The van der Waals surface area contributed by atoms with Crippen LogP contribution in [0, 0.1) is 5.82 Å². The van der Waals surface area contributed by atoms with Crippen LogP contribution in [0.3, 0.4) is 0 Å². The van der Waals surface area contributed by atoms with Gasteiger partial charge in [0.15, 0.2) is 18.2 Å². The van der Waals surface area contributed by atoms with Gasteiger partial charge in [0.25, 0.3) is 5.91 Å². The van der Waals surface area contributed by atoms with Crippen LogP contribution >= 0.6 is 11.6 Å². The first-order valence-corrected chi connectivity index (χ1v) is 8.42. The summed E-state index contributed by atoms with van der Waals surface area (Å²) >= 11 is 6.05. The number of para-hydroxylation sites is 1. The number of rotatable bonds is 5. The lowest BCUT2D eigenvalue weighted by Gasteiger charge is -2.33. The Bertz CT molecular complexity index is 744. The molecule has 1 aromatic carbocycles. The highest BCUT2D eigenvalue weighted by molar-refractivity contribution is 6.31. The predicted octanol–water partition coefficient (Wildman–Crippen LogP) is 3.32. The number of ether oxygens (including phenoxy) is 2. The van der Waals surface area contributed by atoms with Crippen molar-refractivity contribution in [2.24, 2.45) is 0 Å². The number of piperidine rings is 1. The number of benzene rings is 1. The smallest absolute Gasteiger partial charge is 0.260 e. The maximum absolute atomic E-state index is 13.5. The largest absolute Gasteiger partial charge is 0.487 e. The van der Waals surface area contributed by atoms with Gasteiger partial charge in [0.05, 0.1) is 6.54 Å². The third kappa shape index (κ3) is 4.60. The van der Waals surface area contributed by atoms with Crippen LogP contribution in [0.4, 0.5) is 4.39 Å². The zero-order valence-corrected chi connectivity index (χ0v) is 14.3. The Labute approximate surface area is 150 Å². The molecule has 1 aliphatic heterocycles. The topological polar surface area (TPSA) is 51.7 Å². The average molecular weight is 365 g/mol. The number of hydrogen-bond acceptors (Lipinski definition) is 4. The number of carbonyl (C=O) groups is 1. The Morgan fingerprint density at radius 1 is 1.32 bits per heavy atom. The van der Waals surface area contributed by atoms with Crippen LogP contribution in [0.15, 0.2) is 42.7 Å². The molecule has 2 heterocycles. The zero-order valence-electron chi connectivity index (χ0n) is 13.5. The van der Waals surface area contributed by atoms with E-state index in [-0.39, 0.29) is 24.4 Å². The molecule has 1 amide bonds. The number of halogens is 2. The molecule has 3 rings (SSSR count). The third-order valence-electron chi connectivity index (χ3n) is 3.95. The Morgan fingerprint density at radius 3 is 2.96 bits per heavy atom. The highest BCUT2D eigenvalue weighted by Gasteiger charge is 2.25. The minimum Gasteiger partial charge on any atom is -0.487 e. The molecule has 1 saturated heterocycles. The summed E-state index contributed by atoms with van der Waals surface area (Å²) in [5.41, 5.74) is 0. The van der Waals surface area contributed by atoms with Gasteiger partial charge in [-0.05, 0) is 25.0 Å². The number of hydrogen-bond donors (Lipinski definition) is 0. The van der Waals surface area contributed by atoms with Gasteiger partial charge < -0.3 is 14.4 Å². The third-order valence-corrected chi connectivity index (χ3v) is 4.23. The van der Waals surface area contributed by atoms with Crippen LogP contribution in [0.1, 0.15) is 12.8 Å². The summed E-state index contributed by atoms with van der Waals surface area (Å²) in [6.45, 7) is 0.866. The number of pyridine rings is 1. The predicted molar refractivity (Wildman–Crippen MR) is 91.4 cm³/mol. The normalized spacial score (nSPS) is 17.2. The van der Waals surface area contributed by atoms with Gasteiger partial charge >= 0.3 is 0 Å². The van der Waals surface area contributed by atoms with Crippen molar-refractivity contribution < 1.29 is 18.7 Å². The first kappa shape index (κ1) is 17.5. The molecule has 5 nitrogen and oxygen atoms in total. The van der Waals surface area contributed by atoms with Crippen molar-refractivity contribution in [3.63, 3.8) is 0 Å². The summed E-state index contributed by atoms with van der Waals surface area (Å²) < 4.78 is 24.7. The fraction of sp³-hybridized carbons (Fsp3) is 0.333. The Balaban J connectivity index is 1.55. The van der Waals surface area contributed by atoms with Gasteiger partial charge in [-0.1, -0.05) is 23.7 Å². The molecule has 7 heteroatoms. The minimum atomic E-state index is -0.484. The Morgan fingerprint density at radius 2 is 2.16 bits per heavy atom. The van der Waals surface area contributed by atoms with E-state index in [1.807, 2.05) is 0 Å². The first-order valence-electron chi connectivity index (χ1n) is 8.05. The van der Waals surface area contributed by atoms with E-state index in [0.29, 0.717) is 23.9 Å². The quantitative estimate of drug-likeness (QED) is 0.816. The summed E-state index contributed by atoms with van der Waals surface area (Å²) in [6.07, 6.45) is 4.63. The first-order chi connectivity index (χ1) is 12.1. The van der Waals surface area contributed by atoms with E-state index in [1.165, 1.54) is 18.3 Å². The Hall–Kier alpha value is -2.34. The number of carbonyl (C=O) groups excluding carboxylic acids is 1. The molecule has 1 unspecified atom stereocenters. The molecular weight excluding hydrogens is 347 g/mol. The van der Waals surface area contributed by atoms with Gasteiger partial charge in [0.2, 0.25) is 0 Å². The summed E-state index contributed by atoms with van der Waals surface area (Å²) in [5.74, 6) is -0.0531. The molecule has 0 bridgehead atoms. The average Bonchev–Trinajstić information content (AvgIpc) is 2.63. The molecular formula is C18H18ClFN2O3. The van der Waals surface area contributed by atoms with Crippen molar-refractivity contribution in [3.8, 4) is 11.5 Å². The SMILES string of the molecule is O=C(COc1ccccc1F)N1CCCC(Oc2ccncc2Cl)C1. The van der Waals surface area contributed by atoms with Crippen molar-refractivity contribution in [3.05, 3.63) is 53.6 Å². The second kappa shape index (κ2) is 8.16. The second-order valence-corrected chi connectivity index (χ2v) is 6.15. The summed E-state index contributed by atoms with van der Waals surface area (Å²) in [5, 5.41) is 0.439. The van der Waals surface area contributed by atoms with Crippen LogP contribution in [0.25, 0.3) is 0 Å². The lowest BCUT2D eigenvalue weighted by atomic mass is 10.1. The van der Waals surface area contributed by atoms with Crippen LogP contribution in [-0.2, 0) is 4.79 Å². The summed E-state index contributed by atoms with van der Waals surface area (Å²) in [6, 6.07) is 7.72. The van der Waals surface area contributed by atoms with Gasteiger partial charge in [-0.2, -0.15) is 0 Å². The minimum absolute atomic E-state index is 0.0734. The molecule has 0 aliphatic carbocycles. The van der Waals surface area contributed by atoms with Crippen LogP contribution in [-0.4, -0.2) is 41.6 Å². The number of aromatic nitrogens is 1. The molecule has 1 atom stereocenters. The van der Waals surface area contributed by atoms with E-state index < -0.39 is 5.82 Å².